The van der Waals surface area contributed by atoms with Gasteiger partial charge in [-0.05, 0) is 31.5 Å². The minimum atomic E-state index is -5.94. The third-order valence-corrected chi connectivity index (χ3v) is 5.45. The zero-order valence-electron chi connectivity index (χ0n) is 17.1. The van der Waals surface area contributed by atoms with Crippen LogP contribution in [0.2, 0.25) is 5.02 Å². The molecule has 1 aliphatic rings. The Balaban J connectivity index is 2.95. The minimum absolute atomic E-state index is 0.0326. The molecule has 1 aromatic carbocycles. The standard InChI is InChI=1S/C19H20ClF6NO6/c1-3-32-14(28)12-11(9-5-7-10(20)8-6-9)13(15(29)33-4-2)17(31,19(24,25)26)27-16(12,30)18(21,22)23/h5-8,11-13,27,30-31H,3-4H2,1-2H3/t11?,12-,13+,16+,17-. The molecule has 33 heavy (non-hydrogen) atoms. The second kappa shape index (κ2) is 9.28. The number of hydrogen-bond donors (Lipinski definition) is 3. The number of piperidine rings is 1. The zero-order valence-corrected chi connectivity index (χ0v) is 17.9. The number of alkyl halides is 6. The maximum absolute atomic E-state index is 14.0. The third-order valence-electron chi connectivity index (χ3n) is 5.20. The first kappa shape index (κ1) is 27.2. The van der Waals surface area contributed by atoms with Gasteiger partial charge in [-0.25, -0.2) is 5.32 Å². The average molecular weight is 508 g/mol. The highest BCUT2D eigenvalue weighted by atomic mass is 35.5. The van der Waals surface area contributed by atoms with Crippen molar-refractivity contribution < 1.29 is 55.6 Å². The molecule has 0 aliphatic carbocycles. The maximum Gasteiger partial charge on any atom is 0.432 e. The monoisotopic (exact) mass is 507 g/mol. The van der Waals surface area contributed by atoms with Crippen LogP contribution in [0.3, 0.4) is 0 Å². The van der Waals surface area contributed by atoms with Gasteiger partial charge in [-0.3, -0.25) is 9.59 Å². The molecule has 1 heterocycles. The summed E-state index contributed by atoms with van der Waals surface area (Å²) < 4.78 is 93.2. The number of aliphatic hydroxyl groups is 2. The summed E-state index contributed by atoms with van der Waals surface area (Å²) in [5, 5.41) is 21.8. The van der Waals surface area contributed by atoms with E-state index in [9.17, 15) is 46.1 Å². The molecule has 0 radical (unpaired) electrons. The van der Waals surface area contributed by atoms with Crippen LogP contribution in [-0.2, 0) is 19.1 Å². The van der Waals surface area contributed by atoms with E-state index in [1.54, 1.807) is 0 Å². The molecule has 0 spiro atoms. The third kappa shape index (κ3) is 4.77. The molecule has 1 unspecified atom stereocenters. The molecule has 3 N–H and O–H groups in total. The van der Waals surface area contributed by atoms with Gasteiger partial charge in [-0.15, -0.1) is 0 Å². The number of halogens is 7. The lowest BCUT2D eigenvalue weighted by atomic mass is 9.64. The Morgan fingerprint density at radius 1 is 0.909 bits per heavy atom. The molecule has 1 aromatic rings. The Morgan fingerprint density at radius 3 is 1.58 bits per heavy atom. The molecular formula is C19H20ClF6NO6. The topological polar surface area (TPSA) is 105 Å². The molecule has 186 valence electrons. The zero-order chi connectivity index (χ0) is 25.4. The van der Waals surface area contributed by atoms with Crippen LogP contribution in [0.15, 0.2) is 24.3 Å². The lowest BCUT2D eigenvalue weighted by Crippen LogP contribution is -2.81. The SMILES string of the molecule is CCOC(=O)[C@@H]1C(c2ccc(Cl)cc2)[C@H](C(=O)OCC)[C@](O)(C(F)(F)F)N[C@]1(O)C(F)(F)F. The lowest BCUT2D eigenvalue weighted by molar-refractivity contribution is -0.376. The maximum atomic E-state index is 14.0. The van der Waals surface area contributed by atoms with Crippen molar-refractivity contribution in [2.24, 2.45) is 11.8 Å². The van der Waals surface area contributed by atoms with Crippen molar-refractivity contribution >= 4 is 23.5 Å². The van der Waals surface area contributed by atoms with Gasteiger partial charge in [0.25, 0.3) is 0 Å². The molecule has 0 bridgehead atoms. The van der Waals surface area contributed by atoms with Crippen molar-refractivity contribution in [2.45, 2.75) is 43.6 Å². The van der Waals surface area contributed by atoms with Crippen LogP contribution in [0.4, 0.5) is 26.3 Å². The van der Waals surface area contributed by atoms with Crippen LogP contribution >= 0.6 is 11.6 Å². The molecule has 2 rings (SSSR count). The van der Waals surface area contributed by atoms with E-state index in [1.165, 1.54) is 13.8 Å². The molecular weight excluding hydrogens is 488 g/mol. The Morgan fingerprint density at radius 2 is 1.27 bits per heavy atom. The number of rotatable bonds is 5. The minimum Gasteiger partial charge on any atom is -0.466 e. The largest absolute Gasteiger partial charge is 0.466 e. The fourth-order valence-electron chi connectivity index (χ4n) is 3.82. The molecule has 1 aliphatic heterocycles. The van der Waals surface area contributed by atoms with E-state index < -0.39 is 72.3 Å². The van der Waals surface area contributed by atoms with Gasteiger partial charge >= 0.3 is 24.3 Å². The number of ether oxygens (including phenoxy) is 2. The summed E-state index contributed by atoms with van der Waals surface area (Å²) in [6.45, 7) is 1.44. The summed E-state index contributed by atoms with van der Waals surface area (Å²) in [6.07, 6.45) is -11.9. The van der Waals surface area contributed by atoms with Gasteiger partial charge in [-0.1, -0.05) is 23.7 Å². The lowest BCUT2D eigenvalue weighted by Gasteiger charge is -2.54. The van der Waals surface area contributed by atoms with Gasteiger partial charge in [0.15, 0.2) is 0 Å². The molecule has 0 saturated carbocycles. The van der Waals surface area contributed by atoms with Crippen molar-refractivity contribution in [3.8, 4) is 0 Å². The average Bonchev–Trinajstić information content (AvgIpc) is 2.66. The molecule has 14 heteroatoms. The van der Waals surface area contributed by atoms with Gasteiger partial charge in [0.2, 0.25) is 11.4 Å². The first-order valence-corrected chi connectivity index (χ1v) is 9.89. The summed E-state index contributed by atoms with van der Waals surface area (Å²) >= 11 is 5.75. The Kier molecular flexibility index (Phi) is 7.63. The van der Waals surface area contributed by atoms with Crippen molar-refractivity contribution in [2.75, 3.05) is 13.2 Å². The molecule has 7 nitrogen and oxygen atoms in total. The van der Waals surface area contributed by atoms with Crippen LogP contribution < -0.4 is 5.32 Å². The number of nitrogens with one attached hydrogen (secondary N) is 1. The van der Waals surface area contributed by atoms with E-state index in [4.69, 9.17) is 11.6 Å². The van der Waals surface area contributed by atoms with Gasteiger partial charge in [0.05, 0.1) is 13.2 Å². The normalized spacial score (nSPS) is 30.6. The van der Waals surface area contributed by atoms with E-state index in [2.05, 4.69) is 9.47 Å². The van der Waals surface area contributed by atoms with Crippen molar-refractivity contribution in [3.05, 3.63) is 34.9 Å². The summed E-state index contributed by atoms with van der Waals surface area (Å²) in [6, 6.07) is 4.10. The predicted molar refractivity (Wildman–Crippen MR) is 99.6 cm³/mol. The Hall–Kier alpha value is -2.09. The smallest absolute Gasteiger partial charge is 0.432 e. The van der Waals surface area contributed by atoms with E-state index in [0.717, 1.165) is 24.3 Å². The molecule has 5 atom stereocenters. The first-order chi connectivity index (χ1) is 15.0. The summed E-state index contributed by atoms with van der Waals surface area (Å²) in [7, 11) is 0. The summed E-state index contributed by atoms with van der Waals surface area (Å²) in [4.78, 5) is 25.3. The van der Waals surface area contributed by atoms with E-state index in [-0.39, 0.29) is 5.02 Å². The van der Waals surface area contributed by atoms with Crippen molar-refractivity contribution in [1.29, 1.82) is 0 Å². The molecule has 1 saturated heterocycles. The Labute approximate surface area is 188 Å². The van der Waals surface area contributed by atoms with Crippen LogP contribution in [0.1, 0.15) is 25.3 Å². The highest BCUT2D eigenvalue weighted by Gasteiger charge is 2.78. The van der Waals surface area contributed by atoms with E-state index in [1.807, 2.05) is 0 Å². The summed E-state index contributed by atoms with van der Waals surface area (Å²) in [5.41, 5.74) is -9.75. The van der Waals surface area contributed by atoms with Crippen LogP contribution in [0.5, 0.6) is 0 Å². The fourth-order valence-corrected chi connectivity index (χ4v) is 3.95. The molecule has 1 fully saturated rings. The summed E-state index contributed by atoms with van der Waals surface area (Å²) in [5.74, 6) is -11.6. The van der Waals surface area contributed by atoms with Crippen LogP contribution in [0, 0.1) is 11.8 Å². The van der Waals surface area contributed by atoms with Crippen molar-refractivity contribution in [3.63, 3.8) is 0 Å². The second-order valence-electron chi connectivity index (χ2n) is 7.19. The number of benzene rings is 1. The van der Waals surface area contributed by atoms with Crippen LogP contribution in [-0.4, -0.2) is 59.2 Å². The van der Waals surface area contributed by atoms with Gasteiger partial charge in [0.1, 0.15) is 11.8 Å². The Bertz CT molecular complexity index is 831. The quantitative estimate of drug-likeness (QED) is 0.416. The first-order valence-electron chi connectivity index (χ1n) is 9.51. The van der Waals surface area contributed by atoms with Crippen LogP contribution in [0.25, 0.3) is 0 Å². The highest BCUT2D eigenvalue weighted by molar-refractivity contribution is 6.30. The van der Waals surface area contributed by atoms with Gasteiger partial charge < -0.3 is 19.7 Å². The van der Waals surface area contributed by atoms with Gasteiger partial charge in [-0.2, -0.15) is 26.3 Å². The van der Waals surface area contributed by atoms with Crippen molar-refractivity contribution in [1.82, 2.24) is 5.32 Å². The predicted octanol–water partition coefficient (Wildman–Crippen LogP) is 2.89. The highest BCUT2D eigenvalue weighted by Crippen LogP contribution is 2.55. The van der Waals surface area contributed by atoms with Gasteiger partial charge in [0, 0.05) is 10.9 Å². The number of carbonyl (C=O) groups excluding carboxylic acids is 2. The molecule has 0 amide bonds. The number of esters is 2. The fraction of sp³-hybridized carbons (Fsp3) is 0.579. The molecule has 0 aromatic heterocycles. The number of carbonyl (C=O) groups is 2. The second-order valence-corrected chi connectivity index (χ2v) is 7.63. The van der Waals surface area contributed by atoms with E-state index in [0.29, 0.717) is 5.32 Å². The number of hydrogen-bond acceptors (Lipinski definition) is 7. The van der Waals surface area contributed by atoms with E-state index >= 15 is 0 Å².